The van der Waals surface area contributed by atoms with Crippen molar-refractivity contribution >= 4 is 27.1 Å². The molecule has 0 saturated carbocycles. The molecule has 1 saturated heterocycles. The number of nitrogens with zero attached hydrogens (tertiary/aromatic N) is 3. The summed E-state index contributed by atoms with van der Waals surface area (Å²) >= 11 is 0. The van der Waals surface area contributed by atoms with E-state index in [4.69, 9.17) is 4.52 Å². The molecule has 27 heavy (non-hydrogen) atoms. The van der Waals surface area contributed by atoms with E-state index in [1.165, 1.54) is 16.6 Å². The summed E-state index contributed by atoms with van der Waals surface area (Å²) in [5.41, 5.74) is 1.53. The lowest BCUT2D eigenvalue weighted by Crippen LogP contribution is -2.30. The molecule has 3 aromatic rings. The molecule has 0 spiro atoms. The molecule has 3 heterocycles. The average molecular weight is 387 g/mol. The number of fused-ring (bicyclic) bond motifs is 1. The molecule has 2 atom stereocenters. The van der Waals surface area contributed by atoms with Crippen LogP contribution in [-0.2, 0) is 14.8 Å². The van der Waals surface area contributed by atoms with Crippen molar-refractivity contribution in [3.63, 3.8) is 0 Å². The Labute approximate surface area is 155 Å². The number of sulfonamides is 1. The first kappa shape index (κ1) is 17.6. The number of carboxylic acids is 1. The monoisotopic (exact) mass is 387 g/mol. The molecule has 0 aliphatic carbocycles. The van der Waals surface area contributed by atoms with Gasteiger partial charge in [-0.3, -0.25) is 4.79 Å². The first-order chi connectivity index (χ1) is 12.9. The molecule has 9 heteroatoms. The summed E-state index contributed by atoms with van der Waals surface area (Å²) in [4.78, 5) is 15.4. The smallest absolute Gasteiger partial charge is 0.308 e. The second kappa shape index (κ2) is 6.43. The third kappa shape index (κ3) is 2.98. The van der Waals surface area contributed by atoms with Crippen LogP contribution in [0.25, 0.3) is 22.4 Å². The lowest BCUT2D eigenvalue weighted by atomic mass is 9.99. The van der Waals surface area contributed by atoms with Crippen molar-refractivity contribution in [1.82, 2.24) is 14.4 Å². The number of hydrogen-bond donors (Lipinski definition) is 1. The summed E-state index contributed by atoms with van der Waals surface area (Å²) in [5, 5.41) is 13.8. The zero-order valence-electron chi connectivity index (χ0n) is 14.4. The minimum Gasteiger partial charge on any atom is -0.481 e. The molecular weight excluding hydrogens is 370 g/mol. The van der Waals surface area contributed by atoms with Crippen molar-refractivity contribution < 1.29 is 22.8 Å². The highest BCUT2D eigenvalue weighted by molar-refractivity contribution is 7.89. The molecular formula is C18H17N3O5S. The minimum absolute atomic E-state index is 0.00591. The predicted octanol–water partition coefficient (Wildman–Crippen LogP) is 2.23. The van der Waals surface area contributed by atoms with Crippen LogP contribution < -0.4 is 0 Å². The maximum absolute atomic E-state index is 13.0. The molecule has 1 aliphatic heterocycles. The van der Waals surface area contributed by atoms with Crippen LogP contribution in [0.3, 0.4) is 0 Å². The van der Waals surface area contributed by atoms with Crippen LogP contribution >= 0.6 is 0 Å². The van der Waals surface area contributed by atoms with Gasteiger partial charge in [-0.05, 0) is 12.0 Å². The Kier molecular flexibility index (Phi) is 4.20. The van der Waals surface area contributed by atoms with Crippen LogP contribution in [0, 0.1) is 11.8 Å². The van der Waals surface area contributed by atoms with Gasteiger partial charge in [0.15, 0.2) is 0 Å². The Hall–Kier alpha value is -2.78. The number of benzene rings is 1. The van der Waals surface area contributed by atoms with Gasteiger partial charge in [-0.25, -0.2) is 13.4 Å². The van der Waals surface area contributed by atoms with E-state index in [0.29, 0.717) is 11.1 Å². The van der Waals surface area contributed by atoms with Crippen LogP contribution in [0.5, 0.6) is 0 Å². The lowest BCUT2D eigenvalue weighted by molar-refractivity contribution is -0.142. The van der Waals surface area contributed by atoms with Crippen molar-refractivity contribution in [3.8, 4) is 11.3 Å². The molecule has 2 aromatic heterocycles. The van der Waals surface area contributed by atoms with E-state index in [1.807, 2.05) is 30.3 Å². The van der Waals surface area contributed by atoms with Crippen LogP contribution in [0.2, 0.25) is 0 Å². The maximum atomic E-state index is 13.0. The van der Waals surface area contributed by atoms with Crippen molar-refractivity contribution in [2.24, 2.45) is 11.8 Å². The second-order valence-electron chi connectivity index (χ2n) is 6.66. The average Bonchev–Trinajstić information content (AvgIpc) is 3.26. The largest absolute Gasteiger partial charge is 0.481 e. The van der Waals surface area contributed by atoms with Gasteiger partial charge in [-0.1, -0.05) is 42.4 Å². The van der Waals surface area contributed by atoms with Crippen LogP contribution in [0.1, 0.15) is 6.92 Å². The van der Waals surface area contributed by atoms with Crippen molar-refractivity contribution in [1.29, 1.82) is 0 Å². The van der Waals surface area contributed by atoms with E-state index in [9.17, 15) is 18.3 Å². The Morgan fingerprint density at radius 3 is 2.67 bits per heavy atom. The standard InChI is InChI=1S/C18H17N3O5S/c1-11-9-21(10-15(11)18(22)23)27(24,25)13-7-14-16(12-5-3-2-4-6-12)20-26-17(14)19-8-13/h2-8,11,15H,9-10H2,1H3,(H,22,23)/t11-,15-/m1/s1. The highest BCUT2D eigenvalue weighted by Crippen LogP contribution is 2.32. The second-order valence-corrected chi connectivity index (χ2v) is 8.60. The minimum atomic E-state index is -3.87. The summed E-state index contributed by atoms with van der Waals surface area (Å²) in [6, 6.07) is 10.7. The molecule has 0 bridgehead atoms. The molecule has 0 radical (unpaired) electrons. The first-order valence-corrected chi connectivity index (χ1v) is 9.85. The van der Waals surface area contributed by atoms with E-state index in [0.717, 1.165) is 5.56 Å². The third-order valence-corrected chi connectivity index (χ3v) is 6.68. The van der Waals surface area contributed by atoms with Crippen molar-refractivity contribution in [2.45, 2.75) is 11.8 Å². The van der Waals surface area contributed by atoms with Crippen molar-refractivity contribution in [3.05, 3.63) is 42.6 Å². The SMILES string of the molecule is C[C@@H]1CN(S(=O)(=O)c2cnc3onc(-c4ccccc4)c3c2)C[C@H]1C(=O)O. The van der Waals surface area contributed by atoms with E-state index < -0.39 is 21.9 Å². The maximum Gasteiger partial charge on any atom is 0.308 e. The summed E-state index contributed by atoms with van der Waals surface area (Å²) in [6.45, 7) is 1.85. The number of aliphatic carboxylic acids is 1. The van der Waals surface area contributed by atoms with E-state index in [1.54, 1.807) is 6.92 Å². The molecule has 1 aliphatic rings. The van der Waals surface area contributed by atoms with Gasteiger partial charge in [0.2, 0.25) is 10.0 Å². The fourth-order valence-corrected chi connectivity index (χ4v) is 4.89. The molecule has 0 unspecified atom stereocenters. The zero-order chi connectivity index (χ0) is 19.2. The van der Waals surface area contributed by atoms with Gasteiger partial charge in [0.1, 0.15) is 10.6 Å². The van der Waals surface area contributed by atoms with Crippen LogP contribution in [-0.4, -0.2) is 47.0 Å². The Bertz CT molecular complexity index is 1110. The van der Waals surface area contributed by atoms with Gasteiger partial charge in [-0.2, -0.15) is 4.31 Å². The summed E-state index contributed by atoms with van der Waals surface area (Å²) < 4.78 is 32.4. The molecule has 8 nitrogen and oxygen atoms in total. The third-order valence-electron chi connectivity index (χ3n) is 4.89. The molecule has 4 rings (SSSR count). The van der Waals surface area contributed by atoms with Crippen LogP contribution in [0.4, 0.5) is 0 Å². The molecule has 140 valence electrons. The summed E-state index contributed by atoms with van der Waals surface area (Å²) in [6.07, 6.45) is 1.22. The number of aromatic nitrogens is 2. The van der Waals surface area contributed by atoms with E-state index >= 15 is 0 Å². The fourth-order valence-electron chi connectivity index (χ4n) is 3.35. The molecule has 1 N–H and O–H groups in total. The Balaban J connectivity index is 1.75. The highest BCUT2D eigenvalue weighted by atomic mass is 32.2. The van der Waals surface area contributed by atoms with Crippen LogP contribution in [0.15, 0.2) is 52.0 Å². The van der Waals surface area contributed by atoms with Gasteiger partial charge in [-0.15, -0.1) is 0 Å². The lowest BCUT2D eigenvalue weighted by Gasteiger charge is -2.15. The van der Waals surface area contributed by atoms with E-state index in [-0.39, 0.29) is 29.6 Å². The summed E-state index contributed by atoms with van der Waals surface area (Å²) in [5.74, 6) is -1.96. The Morgan fingerprint density at radius 2 is 2.00 bits per heavy atom. The fraction of sp³-hybridized carbons (Fsp3) is 0.278. The van der Waals surface area contributed by atoms with E-state index in [2.05, 4.69) is 10.1 Å². The summed E-state index contributed by atoms with van der Waals surface area (Å²) in [7, 11) is -3.87. The Morgan fingerprint density at radius 1 is 1.26 bits per heavy atom. The van der Waals surface area contributed by atoms with Gasteiger partial charge >= 0.3 is 5.97 Å². The zero-order valence-corrected chi connectivity index (χ0v) is 15.3. The highest BCUT2D eigenvalue weighted by Gasteiger charge is 2.41. The molecule has 1 fully saturated rings. The normalized spacial score (nSPS) is 20.9. The van der Waals surface area contributed by atoms with Gasteiger partial charge in [0.25, 0.3) is 5.71 Å². The van der Waals surface area contributed by atoms with Gasteiger partial charge in [0, 0.05) is 18.7 Å². The topological polar surface area (TPSA) is 114 Å². The number of carboxylic acid groups (broad SMARTS) is 1. The number of hydrogen-bond acceptors (Lipinski definition) is 6. The quantitative estimate of drug-likeness (QED) is 0.730. The number of rotatable bonds is 4. The van der Waals surface area contributed by atoms with Gasteiger partial charge in [0.05, 0.1) is 17.5 Å². The van der Waals surface area contributed by atoms with Gasteiger partial charge < -0.3 is 9.63 Å². The molecule has 0 amide bonds. The first-order valence-electron chi connectivity index (χ1n) is 8.41. The van der Waals surface area contributed by atoms with Crippen molar-refractivity contribution in [2.75, 3.05) is 13.1 Å². The number of pyridine rings is 1. The number of carbonyl (C=O) groups is 1. The predicted molar refractivity (Wildman–Crippen MR) is 96.3 cm³/mol. The molecule has 1 aromatic carbocycles.